The lowest BCUT2D eigenvalue weighted by molar-refractivity contribution is 0.767. The summed E-state index contributed by atoms with van der Waals surface area (Å²) in [5.41, 5.74) is 21.5. The van der Waals surface area contributed by atoms with Gasteiger partial charge in [0.2, 0.25) is 0 Å². The molecule has 2 heterocycles. The van der Waals surface area contributed by atoms with Crippen LogP contribution in [0.25, 0.3) is 61.3 Å². The average molecular weight is 1110 g/mol. The van der Waals surface area contributed by atoms with E-state index in [1.54, 1.807) is 15.6 Å². The molecule has 10 rings (SSSR count). The van der Waals surface area contributed by atoms with Gasteiger partial charge in [-0.2, -0.15) is 0 Å². The highest BCUT2D eigenvalue weighted by Gasteiger charge is 2.49. The molecule has 0 radical (unpaired) electrons. The van der Waals surface area contributed by atoms with Crippen molar-refractivity contribution in [1.29, 1.82) is 0 Å². The van der Waals surface area contributed by atoms with E-state index in [1.807, 2.05) is 0 Å². The molecule has 1 aliphatic carbocycles. The second-order valence-corrected chi connectivity index (χ2v) is 44.9. The lowest BCUT2D eigenvalue weighted by Crippen LogP contribution is -2.55. The Morgan fingerprint density at radius 3 is 0.988 bits per heavy atom. The quantitative estimate of drug-likeness (QED) is 0.0804. The molecule has 9 aromatic rings. The molecule has 0 saturated heterocycles. The molecule has 80 heavy (non-hydrogen) atoms. The lowest BCUT2D eigenvalue weighted by atomic mass is 9.67. The minimum Gasteiger partial charge on any atom is -0.310 e. The van der Waals surface area contributed by atoms with Gasteiger partial charge in [-0.1, -0.05) is 256 Å². The molecule has 0 saturated carbocycles. The minimum absolute atomic E-state index is 0.546. The van der Waals surface area contributed by atoms with Gasteiger partial charge in [-0.25, -0.2) is 0 Å². The first-order valence-electron chi connectivity index (χ1n) is 30.8. The van der Waals surface area contributed by atoms with Crippen molar-refractivity contribution in [3.8, 4) is 22.5 Å². The number of aromatic nitrogens is 2. The molecule has 0 atom stereocenters. The van der Waals surface area contributed by atoms with Crippen molar-refractivity contribution in [3.63, 3.8) is 0 Å². The first kappa shape index (κ1) is 57.5. The highest BCUT2D eigenvalue weighted by Crippen LogP contribution is 2.56. The first-order valence-corrected chi connectivity index (χ1v) is 37.5. The van der Waals surface area contributed by atoms with Crippen LogP contribution in [0.15, 0.2) is 158 Å². The maximum Gasteiger partial charge on any atom is 0.0942 e. The lowest BCUT2D eigenvalue weighted by Gasteiger charge is -2.44. The van der Waals surface area contributed by atoms with Gasteiger partial charge in [0.1, 0.15) is 0 Å². The van der Waals surface area contributed by atoms with Crippen molar-refractivity contribution in [1.82, 2.24) is 9.13 Å². The number of benzene rings is 7. The molecule has 0 amide bonds. The minimum atomic E-state index is -1.97. The molecule has 0 unspecified atom stereocenters. The molecular weight excluding hydrogens is 1010 g/mol. The van der Waals surface area contributed by atoms with Crippen LogP contribution in [0, 0.1) is 6.92 Å². The van der Waals surface area contributed by atoms with Gasteiger partial charge in [-0.3, -0.25) is 0 Å². The second kappa shape index (κ2) is 21.2. The van der Waals surface area contributed by atoms with Crippen LogP contribution in [0.1, 0.15) is 158 Å². The van der Waals surface area contributed by atoms with Gasteiger partial charge >= 0.3 is 0 Å². The zero-order valence-electron chi connectivity index (χ0n) is 52.3. The van der Waals surface area contributed by atoms with E-state index in [9.17, 15) is 0 Å². The van der Waals surface area contributed by atoms with Crippen LogP contribution in [-0.4, -0.2) is 33.4 Å². The fourth-order valence-electron chi connectivity index (χ4n) is 18.8. The molecule has 1 aliphatic rings. The van der Waals surface area contributed by atoms with Crippen LogP contribution >= 0.6 is 0 Å². The van der Waals surface area contributed by atoms with Crippen molar-refractivity contribution in [2.75, 3.05) is 0 Å². The highest BCUT2D eigenvalue weighted by atomic mass is 28.3. The number of rotatable bonds is 17. The van der Waals surface area contributed by atoms with Gasteiger partial charge in [0.25, 0.3) is 0 Å². The van der Waals surface area contributed by atoms with Crippen LogP contribution in [0.4, 0.5) is 0 Å². The summed E-state index contributed by atoms with van der Waals surface area (Å²) in [6.07, 6.45) is 2.07. The number of aryl methyl sites for hydroxylation is 1. The summed E-state index contributed by atoms with van der Waals surface area (Å²) in [5, 5.41) is 8.93. The molecule has 0 N–H and O–H groups in total. The van der Waals surface area contributed by atoms with E-state index >= 15 is 0 Å². The largest absolute Gasteiger partial charge is 0.310 e. The van der Waals surface area contributed by atoms with Gasteiger partial charge in [0, 0.05) is 33.2 Å². The van der Waals surface area contributed by atoms with Crippen molar-refractivity contribution >= 4 is 78.6 Å². The Morgan fingerprint density at radius 2 is 0.662 bits per heavy atom. The molecule has 2 nitrogen and oxygen atoms in total. The molecule has 5 heteroatoms. The topological polar surface area (TPSA) is 9.86 Å². The third kappa shape index (κ3) is 8.07. The number of hydrogen-bond acceptors (Lipinski definition) is 0. The first-order chi connectivity index (χ1) is 38.0. The van der Waals surface area contributed by atoms with E-state index in [1.165, 1.54) is 77.3 Å². The average Bonchev–Trinajstić information content (AvgIpc) is 4.20. The van der Waals surface area contributed by atoms with Gasteiger partial charge in [0.05, 0.1) is 46.2 Å². The third-order valence-corrected chi connectivity index (χ3v) is 42.5. The Morgan fingerprint density at radius 1 is 0.362 bits per heavy atom. The predicted molar refractivity (Wildman–Crippen MR) is 362 cm³/mol. The van der Waals surface area contributed by atoms with E-state index in [0.717, 1.165) is 11.4 Å². The fourth-order valence-corrected chi connectivity index (χ4v) is 39.1. The molecule has 0 fully saturated rings. The molecule has 2 aromatic heterocycles. The van der Waals surface area contributed by atoms with Crippen LogP contribution in [0.2, 0.25) is 49.9 Å². The Labute approximate surface area is 485 Å². The van der Waals surface area contributed by atoms with Crippen molar-refractivity contribution in [3.05, 3.63) is 192 Å². The van der Waals surface area contributed by atoms with Crippen LogP contribution < -0.4 is 15.6 Å². The van der Waals surface area contributed by atoms with E-state index in [2.05, 4.69) is 305 Å². The molecule has 0 spiro atoms. The maximum atomic E-state index is 4.42. The Hall–Kier alpha value is -5.73. The Bertz CT molecular complexity index is 3560. The van der Waals surface area contributed by atoms with Crippen LogP contribution in [-0.2, 0) is 5.41 Å². The van der Waals surface area contributed by atoms with Crippen molar-refractivity contribution in [2.45, 2.75) is 187 Å². The molecule has 0 bridgehead atoms. The zero-order chi connectivity index (χ0) is 57.7. The van der Waals surface area contributed by atoms with Crippen LogP contribution in [0.5, 0.6) is 0 Å². The fraction of sp³-hybridized carbons (Fsp3) is 0.387. The Kier molecular flexibility index (Phi) is 15.3. The van der Waals surface area contributed by atoms with Crippen LogP contribution in [0.3, 0.4) is 0 Å². The highest BCUT2D eigenvalue weighted by molar-refractivity contribution is 6.96. The molecule has 7 aromatic carbocycles. The molecule has 0 aliphatic heterocycles. The normalized spacial score (nSPS) is 14.1. The van der Waals surface area contributed by atoms with E-state index < -0.39 is 29.6 Å². The van der Waals surface area contributed by atoms with Gasteiger partial charge in [-0.05, 0) is 144 Å². The SMILES string of the molecule is C=Cc1c(C)c2cc([Si](C(C)C)(C(C)C)C(C)C)ccc2n1-c1ccc(C2(c3ccc(-n4c5ccc([Si](C(C)C)(C(C)C)C(C)C)cc5c5cc([Si](C(C)C)(C(C)C)C(C)C)ccc54)cc3)c3ccccc3-c3ccccc32)cc1. The van der Waals surface area contributed by atoms with Crippen molar-refractivity contribution < 1.29 is 0 Å². The molecule has 416 valence electrons. The van der Waals surface area contributed by atoms with Crippen molar-refractivity contribution in [2.24, 2.45) is 0 Å². The standard InChI is InChI=1S/C75H94N2Si3/c1-21-71-56(20)66-44-61(78(47(2)3,48(4)5)49(6)7)38-41-72(66)76(71)59-34-30-57(31-35-59)75(69-28-24-22-26-64(69)65-27-23-25-29-70(65)75)58-32-36-60(37-33-58)77-73-42-39-62(79(50(8)9,51(10)11)52(12)13)45-67(73)68-46-63(40-43-74(68)77)80(53(14)15,54(16)17)55(18)19/h21-55H,1H2,2-20H3. The van der Waals surface area contributed by atoms with Gasteiger partial charge in [0.15, 0.2) is 0 Å². The summed E-state index contributed by atoms with van der Waals surface area (Å²) in [7, 11) is -5.81. The van der Waals surface area contributed by atoms with Gasteiger partial charge in [-0.15, -0.1) is 0 Å². The molecular formula is C75H94N2Si3. The monoisotopic (exact) mass is 1110 g/mol. The maximum absolute atomic E-state index is 4.42. The third-order valence-electron chi connectivity index (χ3n) is 21.4. The summed E-state index contributed by atoms with van der Waals surface area (Å²) in [6, 6.07) is 60.6. The number of hydrogen-bond donors (Lipinski definition) is 0. The number of fused-ring (bicyclic) bond motifs is 7. The second-order valence-electron chi connectivity index (χ2n) is 27.2. The summed E-state index contributed by atoms with van der Waals surface area (Å²) in [4.78, 5) is 0. The van der Waals surface area contributed by atoms with Gasteiger partial charge < -0.3 is 9.13 Å². The Balaban J connectivity index is 1.17. The number of nitrogens with zero attached hydrogens (tertiary/aromatic N) is 2. The smallest absolute Gasteiger partial charge is 0.0942 e. The van der Waals surface area contributed by atoms with E-state index in [4.69, 9.17) is 0 Å². The predicted octanol–water partition coefficient (Wildman–Crippen LogP) is 20.7. The summed E-state index contributed by atoms with van der Waals surface area (Å²) < 4.78 is 5.05. The zero-order valence-corrected chi connectivity index (χ0v) is 55.3. The van der Waals surface area contributed by atoms with E-state index in [0.29, 0.717) is 49.9 Å². The summed E-state index contributed by atoms with van der Waals surface area (Å²) >= 11 is 0. The summed E-state index contributed by atoms with van der Waals surface area (Å²) in [5.74, 6) is 0. The van der Waals surface area contributed by atoms with E-state index in [-0.39, 0.29) is 0 Å². The summed E-state index contributed by atoms with van der Waals surface area (Å²) in [6.45, 7) is 51.6.